The summed E-state index contributed by atoms with van der Waals surface area (Å²) in [5.41, 5.74) is 11.6. The molecule has 4 aromatic rings. The molecule has 6 rings (SSSR count). The molecule has 0 bridgehead atoms. The Morgan fingerprint density at radius 1 is 0.925 bits per heavy atom. The molecule has 3 heterocycles. The van der Waals surface area contributed by atoms with E-state index < -0.39 is 0 Å². The first kappa shape index (κ1) is 26.8. The Kier molecular flexibility index (Phi) is 8.03. The van der Waals surface area contributed by atoms with Crippen molar-refractivity contribution in [2.45, 2.75) is 38.1 Å². The van der Waals surface area contributed by atoms with E-state index in [4.69, 9.17) is 10.7 Å². The SMILES string of the molecule is Nc1ccc(-c2ccc3nc(NCCc4ccc(Br)cc4)cc(C(=O)N4CCC[C@H]4CN4CCCC4)c3c2)cc1. The number of hydrogen-bond donors (Lipinski definition) is 2. The highest BCUT2D eigenvalue weighted by atomic mass is 79.9. The number of hydrogen-bond acceptors (Lipinski definition) is 5. The van der Waals surface area contributed by atoms with E-state index in [1.807, 2.05) is 36.4 Å². The average molecular weight is 599 g/mol. The monoisotopic (exact) mass is 597 g/mol. The molecule has 6 nitrogen and oxygen atoms in total. The van der Waals surface area contributed by atoms with Crippen LogP contribution in [-0.4, -0.2) is 59.5 Å². The van der Waals surface area contributed by atoms with Gasteiger partial charge in [0.2, 0.25) is 0 Å². The first-order valence-corrected chi connectivity index (χ1v) is 15.2. The molecule has 2 saturated heterocycles. The van der Waals surface area contributed by atoms with Gasteiger partial charge in [0.25, 0.3) is 5.91 Å². The van der Waals surface area contributed by atoms with E-state index in [0.29, 0.717) is 0 Å². The Balaban J connectivity index is 1.31. The highest BCUT2D eigenvalue weighted by Gasteiger charge is 2.32. The number of rotatable bonds is 8. The summed E-state index contributed by atoms with van der Waals surface area (Å²) in [7, 11) is 0. The highest BCUT2D eigenvalue weighted by molar-refractivity contribution is 9.10. The standard InChI is InChI=1S/C33H36BrN5O/c34-26-10-5-23(6-11-26)15-16-36-32-21-30(33(40)39-19-3-4-28(39)22-38-17-1-2-18-38)29-20-25(9-14-31(29)37-32)24-7-12-27(35)13-8-24/h5-14,20-21,28H,1-4,15-19,22,35H2,(H,36,37)/t28-/m0/s1. The fraction of sp³-hybridized carbons (Fsp3) is 0.333. The molecule has 40 heavy (non-hydrogen) atoms. The van der Waals surface area contributed by atoms with Crippen LogP contribution in [0.25, 0.3) is 22.0 Å². The molecule has 1 atom stereocenters. The fourth-order valence-corrected chi connectivity index (χ4v) is 6.31. The van der Waals surface area contributed by atoms with E-state index in [0.717, 1.165) is 95.6 Å². The molecular formula is C33H36BrN5O. The van der Waals surface area contributed by atoms with E-state index in [-0.39, 0.29) is 11.9 Å². The molecule has 2 aliphatic heterocycles. The van der Waals surface area contributed by atoms with Crippen molar-refractivity contribution in [3.8, 4) is 11.1 Å². The van der Waals surface area contributed by atoms with Crippen LogP contribution in [0.1, 0.15) is 41.6 Å². The van der Waals surface area contributed by atoms with Crippen LogP contribution in [0.2, 0.25) is 0 Å². The molecule has 0 spiro atoms. The minimum absolute atomic E-state index is 0.111. The lowest BCUT2D eigenvalue weighted by Crippen LogP contribution is -2.42. The molecule has 3 aromatic carbocycles. The summed E-state index contributed by atoms with van der Waals surface area (Å²) in [5, 5.41) is 4.39. The molecule has 0 radical (unpaired) electrons. The zero-order valence-corrected chi connectivity index (χ0v) is 24.4. The third kappa shape index (κ3) is 6.01. The van der Waals surface area contributed by atoms with Crippen molar-refractivity contribution in [3.05, 3.63) is 88.4 Å². The second kappa shape index (κ2) is 12.0. The number of fused-ring (bicyclic) bond motifs is 1. The molecule has 3 N–H and O–H groups in total. The van der Waals surface area contributed by atoms with Crippen molar-refractivity contribution >= 4 is 44.2 Å². The normalized spacial score (nSPS) is 17.5. The third-order valence-electron chi connectivity index (χ3n) is 8.22. The van der Waals surface area contributed by atoms with E-state index in [1.54, 1.807) is 0 Å². The number of aromatic nitrogens is 1. The lowest BCUT2D eigenvalue weighted by atomic mass is 9.99. The van der Waals surface area contributed by atoms with Crippen molar-refractivity contribution < 1.29 is 4.79 Å². The zero-order valence-electron chi connectivity index (χ0n) is 22.8. The maximum absolute atomic E-state index is 14.2. The first-order chi connectivity index (χ1) is 19.5. The largest absolute Gasteiger partial charge is 0.399 e. The van der Waals surface area contributed by atoms with Gasteiger partial charge in [-0.1, -0.05) is 46.3 Å². The van der Waals surface area contributed by atoms with Crippen LogP contribution < -0.4 is 11.1 Å². The number of likely N-dealkylation sites (tertiary alicyclic amines) is 2. The third-order valence-corrected chi connectivity index (χ3v) is 8.75. The van der Waals surface area contributed by atoms with Gasteiger partial charge in [0, 0.05) is 41.2 Å². The maximum Gasteiger partial charge on any atom is 0.254 e. The van der Waals surface area contributed by atoms with Gasteiger partial charge in [0.05, 0.1) is 11.1 Å². The number of carbonyl (C=O) groups excluding carboxylic acids is 1. The Bertz CT molecular complexity index is 1480. The topological polar surface area (TPSA) is 74.5 Å². The number of benzene rings is 3. The van der Waals surface area contributed by atoms with Crippen LogP contribution in [0, 0.1) is 0 Å². The molecule has 2 fully saturated rings. The Labute approximate surface area is 244 Å². The van der Waals surface area contributed by atoms with Crippen molar-refractivity contribution in [1.82, 2.24) is 14.8 Å². The minimum atomic E-state index is 0.111. The van der Waals surface area contributed by atoms with Crippen LogP contribution in [0.3, 0.4) is 0 Å². The molecule has 2 aliphatic rings. The van der Waals surface area contributed by atoms with Crippen LogP contribution in [0.4, 0.5) is 11.5 Å². The van der Waals surface area contributed by atoms with Gasteiger partial charge in [0.1, 0.15) is 5.82 Å². The Morgan fingerprint density at radius 3 is 2.45 bits per heavy atom. The maximum atomic E-state index is 14.2. The van der Waals surface area contributed by atoms with Crippen molar-refractivity contribution in [2.75, 3.05) is 43.8 Å². The number of carbonyl (C=O) groups is 1. The number of anilines is 2. The Morgan fingerprint density at radius 2 is 1.68 bits per heavy atom. The zero-order chi connectivity index (χ0) is 27.5. The van der Waals surface area contributed by atoms with E-state index in [9.17, 15) is 4.79 Å². The molecule has 0 saturated carbocycles. The summed E-state index contributed by atoms with van der Waals surface area (Å²) in [5.74, 6) is 0.850. The first-order valence-electron chi connectivity index (χ1n) is 14.4. The van der Waals surface area contributed by atoms with Gasteiger partial charge in [-0.25, -0.2) is 4.98 Å². The second-order valence-corrected chi connectivity index (χ2v) is 11.9. The van der Waals surface area contributed by atoms with Gasteiger partial charge in [0.15, 0.2) is 0 Å². The fourth-order valence-electron chi connectivity index (χ4n) is 6.05. The van der Waals surface area contributed by atoms with Crippen LogP contribution in [0.15, 0.2) is 77.3 Å². The van der Waals surface area contributed by atoms with Crippen molar-refractivity contribution in [2.24, 2.45) is 0 Å². The van der Waals surface area contributed by atoms with Gasteiger partial charge < -0.3 is 20.9 Å². The molecule has 1 aromatic heterocycles. The molecule has 1 amide bonds. The summed E-state index contributed by atoms with van der Waals surface area (Å²) >= 11 is 3.50. The summed E-state index contributed by atoms with van der Waals surface area (Å²) < 4.78 is 1.08. The van der Waals surface area contributed by atoms with E-state index in [1.165, 1.54) is 18.4 Å². The molecule has 7 heteroatoms. The summed E-state index contributed by atoms with van der Waals surface area (Å²) in [6.45, 7) is 4.82. The predicted molar refractivity (Wildman–Crippen MR) is 168 cm³/mol. The average Bonchev–Trinajstić information content (AvgIpc) is 3.66. The Hall–Kier alpha value is -3.42. The smallest absolute Gasteiger partial charge is 0.254 e. The van der Waals surface area contributed by atoms with Crippen LogP contribution in [-0.2, 0) is 6.42 Å². The predicted octanol–water partition coefficient (Wildman–Crippen LogP) is 6.60. The van der Waals surface area contributed by atoms with Crippen molar-refractivity contribution in [3.63, 3.8) is 0 Å². The lowest BCUT2D eigenvalue weighted by Gasteiger charge is -2.29. The second-order valence-electron chi connectivity index (χ2n) is 11.0. The molecule has 0 unspecified atom stereocenters. The molecule has 206 valence electrons. The van der Waals surface area contributed by atoms with E-state index >= 15 is 0 Å². The number of nitrogens with one attached hydrogen (secondary N) is 1. The van der Waals surface area contributed by atoms with Crippen LogP contribution in [0.5, 0.6) is 0 Å². The van der Waals surface area contributed by atoms with E-state index in [2.05, 4.69) is 67.4 Å². The summed E-state index contributed by atoms with van der Waals surface area (Å²) in [4.78, 5) is 23.8. The highest BCUT2D eigenvalue weighted by Crippen LogP contribution is 2.31. The van der Waals surface area contributed by atoms with Gasteiger partial charge in [-0.05, 0) is 104 Å². The van der Waals surface area contributed by atoms with Gasteiger partial charge >= 0.3 is 0 Å². The summed E-state index contributed by atoms with van der Waals surface area (Å²) in [6.07, 6.45) is 5.52. The van der Waals surface area contributed by atoms with Gasteiger partial charge in [-0.15, -0.1) is 0 Å². The number of nitrogens with zero attached hydrogens (tertiary/aromatic N) is 3. The number of halogens is 1. The van der Waals surface area contributed by atoms with Gasteiger partial charge in [-0.3, -0.25) is 4.79 Å². The number of pyridine rings is 1. The molecule has 0 aliphatic carbocycles. The summed E-state index contributed by atoms with van der Waals surface area (Å²) in [6, 6.07) is 24.7. The minimum Gasteiger partial charge on any atom is -0.399 e. The molecular weight excluding hydrogens is 562 g/mol. The quantitative estimate of drug-likeness (QED) is 0.224. The van der Waals surface area contributed by atoms with Gasteiger partial charge in [-0.2, -0.15) is 0 Å². The number of amides is 1. The van der Waals surface area contributed by atoms with Crippen molar-refractivity contribution in [1.29, 1.82) is 0 Å². The lowest BCUT2D eigenvalue weighted by molar-refractivity contribution is 0.0710. The van der Waals surface area contributed by atoms with Crippen LogP contribution >= 0.6 is 15.9 Å². The number of nitrogens with two attached hydrogens (primary N) is 1. The number of nitrogen functional groups attached to an aromatic ring is 1.